The van der Waals surface area contributed by atoms with Crippen molar-refractivity contribution < 1.29 is 24.7 Å². The predicted octanol–water partition coefficient (Wildman–Crippen LogP) is 5.27. The zero-order chi connectivity index (χ0) is 22.6. The molecule has 2 unspecified atom stereocenters. The highest BCUT2D eigenvalue weighted by atomic mass is 17.0. The fourth-order valence-electron chi connectivity index (χ4n) is 2.78. The molecule has 2 atom stereocenters. The van der Waals surface area contributed by atoms with Crippen LogP contribution < -0.4 is 0 Å². The molecule has 0 aliphatic carbocycles. The number of carbonyl (C=O) groups is 1. The van der Waals surface area contributed by atoms with Gasteiger partial charge < -0.3 is 9.94 Å². The van der Waals surface area contributed by atoms with Gasteiger partial charge in [-0.2, -0.15) is 0 Å². The smallest absolute Gasteiger partial charge is 0.303 e. The zero-order valence-electron chi connectivity index (χ0n) is 17.7. The zero-order valence-corrected chi connectivity index (χ0v) is 17.7. The Morgan fingerprint density at radius 2 is 1.53 bits per heavy atom. The van der Waals surface area contributed by atoms with Gasteiger partial charge in [-0.15, -0.1) is 10.1 Å². The first-order valence-electron chi connectivity index (χ1n) is 10.5. The van der Waals surface area contributed by atoms with Crippen molar-refractivity contribution in [3.05, 3.63) is 56.7 Å². The molecule has 9 nitrogen and oxygen atoms in total. The summed E-state index contributed by atoms with van der Waals surface area (Å²) in [6.07, 6.45) is 16.9. The minimum Gasteiger partial charge on any atom is -0.481 e. The van der Waals surface area contributed by atoms with Gasteiger partial charge in [0.1, 0.15) is 0 Å². The molecular weight excluding hydrogens is 392 g/mol. The lowest BCUT2D eigenvalue weighted by Crippen LogP contribution is -2.36. The second kappa shape index (κ2) is 18.3. The molecule has 0 amide bonds. The number of carboxylic acids is 1. The minimum absolute atomic E-state index is 0.0722. The molecule has 0 aromatic rings. The third-order valence-corrected chi connectivity index (χ3v) is 4.43. The van der Waals surface area contributed by atoms with Crippen LogP contribution in [-0.4, -0.2) is 33.2 Å². The van der Waals surface area contributed by atoms with Crippen molar-refractivity contribution in [1.82, 2.24) is 0 Å². The molecule has 170 valence electrons. The molecule has 0 saturated heterocycles. The van der Waals surface area contributed by atoms with Crippen LogP contribution in [0.5, 0.6) is 0 Å². The lowest BCUT2D eigenvalue weighted by Gasteiger charge is -2.16. The number of allylic oxidation sites excluding steroid dienone is 4. The summed E-state index contributed by atoms with van der Waals surface area (Å²) in [4.78, 5) is 36.6. The van der Waals surface area contributed by atoms with Gasteiger partial charge >= 0.3 is 5.97 Å². The average molecular weight is 427 g/mol. The van der Waals surface area contributed by atoms with Gasteiger partial charge in [0.2, 0.25) is 6.04 Å². The number of nitro groups is 1. The van der Waals surface area contributed by atoms with E-state index in [0.717, 1.165) is 38.5 Å². The number of hydrogen-bond donors (Lipinski definition) is 1. The van der Waals surface area contributed by atoms with E-state index in [-0.39, 0.29) is 19.3 Å². The lowest BCUT2D eigenvalue weighted by atomic mass is 10.0. The molecule has 0 fully saturated rings. The molecule has 0 heterocycles. The summed E-state index contributed by atoms with van der Waals surface area (Å²) in [5.74, 6) is -0.798. The third-order valence-electron chi connectivity index (χ3n) is 4.43. The normalized spacial score (nSPS) is 13.8. The number of hydrogen-bond acceptors (Lipinski definition) is 6. The van der Waals surface area contributed by atoms with E-state index in [1.165, 1.54) is 0 Å². The van der Waals surface area contributed by atoms with Crippen LogP contribution in [0.15, 0.2) is 36.5 Å². The number of rotatable bonds is 19. The van der Waals surface area contributed by atoms with Crippen LogP contribution in [0.1, 0.15) is 77.6 Å². The second-order valence-electron chi connectivity index (χ2n) is 6.98. The Hall–Kier alpha value is -2.71. The third kappa shape index (κ3) is 16.3. The van der Waals surface area contributed by atoms with Crippen molar-refractivity contribution in [1.29, 1.82) is 0 Å². The standard InChI is InChI=1S/C21H34N2O7/c1-2-3-4-5-10-13-16-19(22(26)27)20(30-23(28)29)17-14-11-8-6-7-9-12-15-18-21(24)25/h6-7,10-11,13-14,19-20H,2-5,8-9,12,15-18H2,1H3,(H,24,25)/b7-6-,13-10-,14-11-. The topological polar surface area (TPSA) is 133 Å². The quantitative estimate of drug-likeness (QED) is 0.129. The predicted molar refractivity (Wildman–Crippen MR) is 114 cm³/mol. The van der Waals surface area contributed by atoms with Crippen LogP contribution >= 0.6 is 0 Å². The van der Waals surface area contributed by atoms with E-state index < -0.39 is 28.1 Å². The van der Waals surface area contributed by atoms with E-state index >= 15 is 0 Å². The van der Waals surface area contributed by atoms with E-state index in [1.807, 2.05) is 18.2 Å². The van der Waals surface area contributed by atoms with Gasteiger partial charge in [-0.25, -0.2) is 0 Å². The molecular formula is C21H34N2O7. The lowest BCUT2D eigenvalue weighted by molar-refractivity contribution is -0.778. The van der Waals surface area contributed by atoms with Crippen molar-refractivity contribution in [3.63, 3.8) is 0 Å². The highest BCUT2D eigenvalue weighted by molar-refractivity contribution is 5.66. The molecule has 0 rings (SSSR count). The summed E-state index contributed by atoms with van der Waals surface area (Å²) in [7, 11) is 0. The summed E-state index contributed by atoms with van der Waals surface area (Å²) >= 11 is 0. The van der Waals surface area contributed by atoms with E-state index in [0.29, 0.717) is 12.8 Å². The average Bonchev–Trinajstić information content (AvgIpc) is 2.67. The fourth-order valence-corrected chi connectivity index (χ4v) is 2.78. The Kier molecular flexibility index (Phi) is 16.7. The van der Waals surface area contributed by atoms with Crippen molar-refractivity contribution in [2.24, 2.45) is 0 Å². The molecule has 1 N–H and O–H groups in total. The molecule has 0 saturated carbocycles. The van der Waals surface area contributed by atoms with Crippen LogP contribution in [0.25, 0.3) is 0 Å². The number of carboxylic acid groups (broad SMARTS) is 1. The van der Waals surface area contributed by atoms with Gasteiger partial charge in [-0.3, -0.25) is 14.9 Å². The first-order valence-corrected chi connectivity index (χ1v) is 10.5. The molecule has 0 aromatic heterocycles. The Balaban J connectivity index is 4.50. The molecule has 0 aliphatic rings. The maximum atomic E-state index is 11.4. The number of aliphatic carboxylic acids is 1. The van der Waals surface area contributed by atoms with Gasteiger partial charge in [-0.05, 0) is 44.9 Å². The van der Waals surface area contributed by atoms with Crippen molar-refractivity contribution >= 4 is 5.97 Å². The van der Waals surface area contributed by atoms with Gasteiger partial charge in [0.05, 0.1) is 0 Å². The first kappa shape index (κ1) is 27.3. The van der Waals surface area contributed by atoms with Crippen molar-refractivity contribution in [2.75, 3.05) is 0 Å². The highest BCUT2D eigenvalue weighted by Crippen LogP contribution is 2.14. The molecule has 0 radical (unpaired) electrons. The van der Waals surface area contributed by atoms with E-state index in [1.54, 1.807) is 18.2 Å². The maximum absolute atomic E-state index is 11.4. The largest absolute Gasteiger partial charge is 0.481 e. The summed E-state index contributed by atoms with van der Waals surface area (Å²) in [6.45, 7) is 2.10. The van der Waals surface area contributed by atoms with Crippen LogP contribution in [-0.2, 0) is 9.63 Å². The van der Waals surface area contributed by atoms with E-state index in [2.05, 4.69) is 11.8 Å². The van der Waals surface area contributed by atoms with Gasteiger partial charge in [0, 0.05) is 17.8 Å². The summed E-state index contributed by atoms with van der Waals surface area (Å²) in [5, 5.41) is 29.7. The Bertz CT molecular complexity index is 588. The summed E-state index contributed by atoms with van der Waals surface area (Å²) < 4.78 is 0. The molecule has 0 bridgehead atoms. The van der Waals surface area contributed by atoms with E-state index in [4.69, 9.17) is 5.11 Å². The number of nitrogens with zero attached hydrogens (tertiary/aromatic N) is 2. The van der Waals surface area contributed by atoms with Crippen LogP contribution in [0.3, 0.4) is 0 Å². The Labute approximate surface area is 177 Å². The minimum atomic E-state index is -1.19. The van der Waals surface area contributed by atoms with Gasteiger partial charge in [0.25, 0.3) is 5.09 Å². The van der Waals surface area contributed by atoms with E-state index in [9.17, 15) is 25.0 Å². The van der Waals surface area contributed by atoms with Gasteiger partial charge in [-0.1, -0.05) is 56.2 Å². The molecule has 9 heteroatoms. The van der Waals surface area contributed by atoms with Crippen molar-refractivity contribution in [3.8, 4) is 0 Å². The first-order chi connectivity index (χ1) is 14.4. The number of unbranched alkanes of at least 4 members (excludes halogenated alkanes) is 5. The molecule has 0 spiro atoms. The highest BCUT2D eigenvalue weighted by Gasteiger charge is 2.32. The fraction of sp³-hybridized carbons (Fsp3) is 0.667. The van der Waals surface area contributed by atoms with Crippen LogP contribution in [0, 0.1) is 20.2 Å². The molecule has 30 heavy (non-hydrogen) atoms. The van der Waals surface area contributed by atoms with Crippen LogP contribution in [0.4, 0.5) is 0 Å². The maximum Gasteiger partial charge on any atom is 0.303 e. The monoisotopic (exact) mass is 426 g/mol. The van der Waals surface area contributed by atoms with Gasteiger partial charge in [0.15, 0.2) is 6.10 Å². The Morgan fingerprint density at radius 3 is 2.13 bits per heavy atom. The molecule has 0 aromatic carbocycles. The Morgan fingerprint density at radius 1 is 0.933 bits per heavy atom. The summed E-state index contributed by atoms with van der Waals surface area (Å²) in [6, 6.07) is -1.19. The molecule has 0 aliphatic heterocycles. The second-order valence-corrected chi connectivity index (χ2v) is 6.98. The van der Waals surface area contributed by atoms with Crippen molar-refractivity contribution in [2.45, 2.75) is 89.7 Å². The SMILES string of the molecule is CCCCC/C=C\CC(C(C/C=C\C/C=C\CCCCC(=O)O)O[N+](=O)[O-])[N+](=O)[O-]. The van der Waals surface area contributed by atoms with Crippen LogP contribution in [0.2, 0.25) is 0 Å². The summed E-state index contributed by atoms with van der Waals surface area (Å²) in [5.41, 5.74) is 0.